The Morgan fingerprint density at radius 1 is 1.32 bits per heavy atom. The van der Waals surface area contributed by atoms with Crippen molar-refractivity contribution in [3.63, 3.8) is 0 Å². The van der Waals surface area contributed by atoms with Crippen molar-refractivity contribution in [3.05, 3.63) is 57.7 Å². The van der Waals surface area contributed by atoms with E-state index in [0.717, 1.165) is 17.0 Å². The molecule has 0 aliphatic heterocycles. The van der Waals surface area contributed by atoms with Crippen LogP contribution in [0.1, 0.15) is 57.9 Å². The van der Waals surface area contributed by atoms with E-state index in [9.17, 15) is 14.7 Å². The van der Waals surface area contributed by atoms with E-state index in [4.69, 9.17) is 17.2 Å². The lowest BCUT2D eigenvalue weighted by molar-refractivity contribution is -0.124. The van der Waals surface area contributed by atoms with Gasteiger partial charge in [-0.15, -0.1) is 11.3 Å². The van der Waals surface area contributed by atoms with Gasteiger partial charge in [-0.05, 0) is 35.2 Å². The lowest BCUT2D eigenvalue weighted by Crippen LogP contribution is -2.52. The van der Waals surface area contributed by atoms with E-state index in [1.54, 1.807) is 24.4 Å². The highest BCUT2D eigenvalue weighted by Crippen LogP contribution is 2.49. The summed E-state index contributed by atoms with van der Waals surface area (Å²) in [5.41, 5.74) is 20.2. The molecule has 0 spiro atoms. The van der Waals surface area contributed by atoms with Crippen molar-refractivity contribution >= 4 is 38.9 Å². The predicted octanol–water partition coefficient (Wildman–Crippen LogP) is 2.48. The van der Waals surface area contributed by atoms with E-state index in [0.29, 0.717) is 32.5 Å². The number of carbonyl (C=O) groups is 2. The first-order valence-electron chi connectivity index (χ1n) is 8.81. The van der Waals surface area contributed by atoms with Crippen LogP contribution in [0.15, 0.2) is 30.5 Å². The van der Waals surface area contributed by atoms with Crippen molar-refractivity contribution in [2.24, 2.45) is 11.5 Å². The van der Waals surface area contributed by atoms with Crippen LogP contribution in [-0.4, -0.2) is 21.8 Å². The molecule has 144 valence electrons. The predicted molar refractivity (Wildman–Crippen MR) is 108 cm³/mol. The summed E-state index contributed by atoms with van der Waals surface area (Å²) in [7, 11) is 0. The number of Topliss-reactive ketones (excluding diaryl/α,β-unsaturated/α-hetero) is 1. The van der Waals surface area contributed by atoms with Crippen LogP contribution in [0.2, 0.25) is 0 Å². The molecule has 2 unspecified atom stereocenters. The van der Waals surface area contributed by atoms with Crippen molar-refractivity contribution in [2.45, 2.75) is 31.3 Å². The number of nitrogen functional groups attached to an aromatic ring is 1. The molecule has 7 nitrogen and oxygen atoms in total. The smallest absolute Gasteiger partial charge is 0.346 e. The molecule has 0 amide bonds. The van der Waals surface area contributed by atoms with Crippen LogP contribution in [0.3, 0.4) is 0 Å². The number of nitrogens with zero attached hydrogens (tertiary/aromatic N) is 1. The summed E-state index contributed by atoms with van der Waals surface area (Å²) in [5.74, 6) is -1.44. The second kappa shape index (κ2) is 6.10. The minimum absolute atomic E-state index is 0.0228. The molecule has 2 atom stereocenters. The maximum atomic E-state index is 13.4. The van der Waals surface area contributed by atoms with E-state index in [2.05, 4.69) is 4.98 Å². The van der Waals surface area contributed by atoms with Gasteiger partial charge < -0.3 is 22.3 Å². The molecule has 0 radical (unpaired) electrons. The van der Waals surface area contributed by atoms with Gasteiger partial charge in [0.2, 0.25) is 0 Å². The van der Waals surface area contributed by atoms with Crippen molar-refractivity contribution in [2.75, 3.05) is 5.73 Å². The molecule has 8 heteroatoms. The third-order valence-electron chi connectivity index (χ3n) is 5.34. The monoisotopic (exact) mass is 396 g/mol. The topological polar surface area (TPSA) is 145 Å². The quantitative estimate of drug-likeness (QED) is 0.498. The molecule has 1 aromatic carbocycles. The van der Waals surface area contributed by atoms with Gasteiger partial charge in [-0.1, -0.05) is 19.9 Å². The largest absolute Gasteiger partial charge is 0.477 e. The number of nitrogens with two attached hydrogens (primary N) is 3. The molecular formula is C20H20N4O3S. The molecule has 1 aliphatic carbocycles. The Labute approximate surface area is 165 Å². The minimum Gasteiger partial charge on any atom is -0.477 e. The molecule has 28 heavy (non-hydrogen) atoms. The van der Waals surface area contributed by atoms with Crippen molar-refractivity contribution in [1.29, 1.82) is 0 Å². The number of hydrogen-bond donors (Lipinski definition) is 4. The second-order valence-electron chi connectivity index (χ2n) is 7.33. The van der Waals surface area contributed by atoms with E-state index in [-0.39, 0.29) is 10.8 Å². The molecule has 2 aromatic heterocycles. The molecule has 7 N–H and O–H groups in total. The highest BCUT2D eigenvalue weighted by atomic mass is 32.1. The first kappa shape index (κ1) is 18.5. The summed E-state index contributed by atoms with van der Waals surface area (Å²) in [5, 5.41) is 10.2. The van der Waals surface area contributed by atoms with Crippen LogP contribution in [0.4, 0.5) is 5.69 Å². The minimum atomic E-state index is -1.51. The Bertz CT molecular complexity index is 1150. The fraction of sp³-hybridized carbons (Fsp3) is 0.250. The van der Waals surface area contributed by atoms with Crippen molar-refractivity contribution in [1.82, 2.24) is 4.98 Å². The Kier molecular flexibility index (Phi) is 4.04. The fourth-order valence-corrected chi connectivity index (χ4v) is 4.99. The zero-order valence-electron chi connectivity index (χ0n) is 15.4. The fourth-order valence-electron chi connectivity index (χ4n) is 3.85. The zero-order chi connectivity index (χ0) is 20.4. The number of carbonyl (C=O) groups excluding carboxylic acids is 1. The van der Waals surface area contributed by atoms with Gasteiger partial charge >= 0.3 is 5.97 Å². The SMILES string of the molecule is CC(C)c1cc(C2(N)C(=O)C(N)c3c(C(=O)O)sc4c(N)ccc2c34)ccn1. The molecule has 3 aromatic rings. The normalized spacial score (nSPS) is 21.5. The molecule has 0 bridgehead atoms. The standard InChI is InChI=1S/C20H20N4O3S/c1-8(2)12-7-9(5-6-24-12)20(23)10-3-4-11(21)16-13(10)14(15(22)18(20)25)17(28-16)19(26)27/h3-8,15H,21-23H2,1-2H3,(H,26,27). The summed E-state index contributed by atoms with van der Waals surface area (Å²) < 4.78 is 0.584. The highest BCUT2D eigenvalue weighted by molar-refractivity contribution is 7.21. The third kappa shape index (κ3) is 2.32. The van der Waals surface area contributed by atoms with Crippen molar-refractivity contribution < 1.29 is 14.7 Å². The molecule has 2 heterocycles. The summed E-state index contributed by atoms with van der Waals surface area (Å²) in [6, 6.07) is 5.70. The summed E-state index contributed by atoms with van der Waals surface area (Å²) in [4.78, 5) is 29.5. The first-order chi connectivity index (χ1) is 13.2. The molecule has 1 aliphatic rings. The van der Waals surface area contributed by atoms with Crippen LogP contribution in [0, 0.1) is 0 Å². The van der Waals surface area contributed by atoms with Crippen molar-refractivity contribution in [3.8, 4) is 0 Å². The third-order valence-corrected chi connectivity index (χ3v) is 6.58. The van der Waals surface area contributed by atoms with Gasteiger partial charge in [-0.25, -0.2) is 4.79 Å². The molecule has 0 saturated heterocycles. The Morgan fingerprint density at radius 2 is 2.04 bits per heavy atom. The second-order valence-corrected chi connectivity index (χ2v) is 8.35. The number of pyridine rings is 1. The van der Waals surface area contributed by atoms with Gasteiger partial charge in [0.15, 0.2) is 5.78 Å². The van der Waals surface area contributed by atoms with E-state index >= 15 is 0 Å². The van der Waals surface area contributed by atoms with Gasteiger partial charge in [-0.2, -0.15) is 0 Å². The maximum Gasteiger partial charge on any atom is 0.346 e. The average molecular weight is 396 g/mol. The summed E-state index contributed by atoms with van der Waals surface area (Å²) in [6.45, 7) is 4.00. The average Bonchev–Trinajstić information content (AvgIpc) is 3.07. The number of benzene rings is 1. The van der Waals surface area contributed by atoms with Crippen LogP contribution in [-0.2, 0) is 10.3 Å². The number of aromatic carboxylic acids is 1. The summed E-state index contributed by atoms with van der Waals surface area (Å²) >= 11 is 1.02. The Hall–Kier alpha value is -2.81. The van der Waals surface area contributed by atoms with Gasteiger partial charge in [-0.3, -0.25) is 9.78 Å². The van der Waals surface area contributed by atoms with E-state index < -0.39 is 23.3 Å². The maximum absolute atomic E-state index is 13.4. The number of rotatable bonds is 3. The highest BCUT2D eigenvalue weighted by Gasteiger charge is 2.48. The number of carboxylic acid groups (broad SMARTS) is 1. The first-order valence-corrected chi connectivity index (χ1v) is 9.63. The van der Waals surface area contributed by atoms with Crippen LogP contribution in [0.5, 0.6) is 0 Å². The van der Waals surface area contributed by atoms with E-state index in [1.165, 1.54) is 0 Å². The number of ketones is 1. The number of anilines is 1. The Morgan fingerprint density at radius 3 is 2.68 bits per heavy atom. The van der Waals surface area contributed by atoms with Crippen LogP contribution < -0.4 is 17.2 Å². The number of thiophene rings is 1. The molecule has 0 saturated carbocycles. The van der Waals surface area contributed by atoms with Gasteiger partial charge in [0.05, 0.1) is 10.7 Å². The lowest BCUT2D eigenvalue weighted by Gasteiger charge is -2.36. The molecule has 4 rings (SSSR count). The van der Waals surface area contributed by atoms with Gasteiger partial charge in [0, 0.05) is 28.5 Å². The lowest BCUT2D eigenvalue weighted by atomic mass is 9.70. The van der Waals surface area contributed by atoms with Crippen LogP contribution in [0.25, 0.3) is 10.1 Å². The van der Waals surface area contributed by atoms with Gasteiger partial charge in [0.1, 0.15) is 10.4 Å². The van der Waals surface area contributed by atoms with Crippen LogP contribution >= 0.6 is 11.3 Å². The Balaban J connectivity index is 2.10. The number of hydrogen-bond acceptors (Lipinski definition) is 7. The van der Waals surface area contributed by atoms with Gasteiger partial charge in [0.25, 0.3) is 0 Å². The zero-order valence-corrected chi connectivity index (χ0v) is 16.2. The molecule has 0 fully saturated rings. The number of aromatic nitrogens is 1. The number of carboxylic acids is 1. The van der Waals surface area contributed by atoms with E-state index in [1.807, 2.05) is 19.9 Å². The molecular weight excluding hydrogens is 376 g/mol. The summed E-state index contributed by atoms with van der Waals surface area (Å²) in [6.07, 6.45) is 1.62.